The first-order valence-corrected chi connectivity index (χ1v) is 7.35. The Morgan fingerprint density at radius 1 is 1.08 bits per heavy atom. The van der Waals surface area contributed by atoms with Gasteiger partial charge in [0.2, 0.25) is 11.3 Å². The maximum absolute atomic E-state index is 4.70. The summed E-state index contributed by atoms with van der Waals surface area (Å²) in [5, 5.41) is 13.9. The van der Waals surface area contributed by atoms with E-state index in [-0.39, 0.29) is 0 Å². The normalized spacial score (nSPS) is 11.8. The molecule has 0 bridgehead atoms. The molecular weight excluding hydrogens is 304 g/mol. The lowest BCUT2D eigenvalue weighted by atomic mass is 10.3. The van der Waals surface area contributed by atoms with E-state index in [1.807, 2.05) is 55.5 Å². The molecule has 2 N–H and O–H groups in total. The number of aromatic nitrogens is 4. The largest absolute Gasteiger partial charge is 0.337 e. The molecule has 0 aliphatic carbocycles. The molecule has 1 aromatic carbocycles. The number of fused-ring (bicyclic) bond motifs is 1. The Balaban J connectivity index is 1.99. The molecule has 0 saturated heterocycles. The van der Waals surface area contributed by atoms with E-state index in [0.29, 0.717) is 22.9 Å². The average molecular weight is 320 g/mol. The van der Waals surface area contributed by atoms with Crippen molar-refractivity contribution in [3.63, 3.8) is 0 Å². The second kappa shape index (κ2) is 7.19. The van der Waals surface area contributed by atoms with E-state index in [0.717, 1.165) is 11.4 Å². The van der Waals surface area contributed by atoms with Crippen molar-refractivity contribution in [1.82, 2.24) is 20.3 Å². The van der Waals surface area contributed by atoms with Crippen molar-refractivity contribution in [3.05, 3.63) is 66.9 Å². The zero-order valence-electron chi connectivity index (χ0n) is 13.1. The quantitative estimate of drug-likeness (QED) is 0.667. The zero-order valence-corrected chi connectivity index (χ0v) is 13.1. The highest BCUT2D eigenvalue weighted by molar-refractivity contribution is 5.77. The van der Waals surface area contributed by atoms with Crippen molar-refractivity contribution in [1.29, 1.82) is 0 Å². The molecule has 2 heterocycles. The second-order valence-corrected chi connectivity index (χ2v) is 4.79. The Kier molecular flexibility index (Phi) is 4.62. The third-order valence-corrected chi connectivity index (χ3v) is 3.14. The number of benzene rings is 1. The summed E-state index contributed by atoms with van der Waals surface area (Å²) in [7, 11) is 0. The van der Waals surface area contributed by atoms with Crippen molar-refractivity contribution < 1.29 is 4.63 Å². The molecule has 0 radical (unpaired) electrons. The molecule has 24 heavy (non-hydrogen) atoms. The van der Waals surface area contributed by atoms with Gasteiger partial charge in [0.25, 0.3) is 0 Å². The maximum atomic E-state index is 4.70. The van der Waals surface area contributed by atoms with Crippen LogP contribution >= 0.6 is 0 Å². The zero-order chi connectivity index (χ0) is 16.8. The number of nitrogens with zero attached hydrogens (tertiary/aromatic N) is 4. The van der Waals surface area contributed by atoms with E-state index in [4.69, 9.17) is 4.63 Å². The molecule has 3 aromatic rings. The van der Waals surface area contributed by atoms with E-state index in [2.05, 4.69) is 37.5 Å². The fourth-order valence-electron chi connectivity index (χ4n) is 1.99. The van der Waals surface area contributed by atoms with Crippen LogP contribution in [0.3, 0.4) is 0 Å². The SMILES string of the molecule is C=C/C=C\C(=C/C)Nc1nc2nonc2nc1Nc1ccccc1. The molecule has 0 spiro atoms. The molecule has 0 atom stereocenters. The number of allylic oxidation sites excluding steroid dienone is 4. The van der Waals surface area contributed by atoms with Crippen LogP contribution in [0, 0.1) is 0 Å². The smallest absolute Gasteiger partial charge is 0.245 e. The van der Waals surface area contributed by atoms with Crippen molar-refractivity contribution in [3.8, 4) is 0 Å². The highest BCUT2D eigenvalue weighted by Crippen LogP contribution is 2.24. The molecule has 0 amide bonds. The summed E-state index contributed by atoms with van der Waals surface area (Å²) in [5.41, 5.74) is 2.40. The van der Waals surface area contributed by atoms with Gasteiger partial charge in [0.1, 0.15) is 0 Å². The van der Waals surface area contributed by atoms with Gasteiger partial charge in [-0.1, -0.05) is 43.0 Å². The topological polar surface area (TPSA) is 88.8 Å². The van der Waals surface area contributed by atoms with Gasteiger partial charge in [-0.2, -0.15) is 0 Å². The fraction of sp³-hybridized carbons (Fsp3) is 0.0588. The van der Waals surface area contributed by atoms with Gasteiger partial charge in [0.05, 0.1) is 0 Å². The second-order valence-electron chi connectivity index (χ2n) is 4.79. The Labute approximate surface area is 138 Å². The first kappa shape index (κ1) is 15.4. The minimum absolute atomic E-state index is 0.333. The van der Waals surface area contributed by atoms with Crippen LogP contribution in [0.15, 0.2) is 71.5 Å². The summed E-state index contributed by atoms with van der Waals surface area (Å²) in [6, 6.07) is 9.68. The van der Waals surface area contributed by atoms with E-state index >= 15 is 0 Å². The number of hydrogen-bond acceptors (Lipinski definition) is 7. The Hall–Kier alpha value is -3.48. The molecule has 2 aromatic heterocycles. The fourth-order valence-corrected chi connectivity index (χ4v) is 1.99. The standard InChI is InChI=1S/C17H16N6O/c1-3-5-9-12(4-2)18-14-15(19-13-10-7-6-8-11-13)21-17-16(20-14)22-24-23-17/h3-11H,1H2,2H3,(H,18,20,22)(H,19,21,23)/b9-5-,12-4+. The molecule has 0 aliphatic heterocycles. The number of para-hydroxylation sites is 1. The van der Waals surface area contributed by atoms with Gasteiger partial charge in [0, 0.05) is 11.4 Å². The third kappa shape index (κ3) is 3.46. The first-order chi connectivity index (χ1) is 11.8. The van der Waals surface area contributed by atoms with Gasteiger partial charge in [-0.15, -0.1) is 0 Å². The molecule has 0 unspecified atom stereocenters. The summed E-state index contributed by atoms with van der Waals surface area (Å²) < 4.78 is 4.70. The predicted molar refractivity (Wildman–Crippen MR) is 93.8 cm³/mol. The highest BCUT2D eigenvalue weighted by Gasteiger charge is 2.13. The van der Waals surface area contributed by atoms with E-state index in [9.17, 15) is 0 Å². The van der Waals surface area contributed by atoms with Gasteiger partial charge in [-0.05, 0) is 35.4 Å². The Morgan fingerprint density at radius 3 is 2.46 bits per heavy atom. The summed E-state index contributed by atoms with van der Waals surface area (Å²) in [5.74, 6) is 1.04. The van der Waals surface area contributed by atoms with E-state index in [1.165, 1.54) is 0 Å². The number of hydrogen-bond donors (Lipinski definition) is 2. The third-order valence-electron chi connectivity index (χ3n) is 3.14. The molecule has 120 valence electrons. The molecule has 7 nitrogen and oxygen atoms in total. The van der Waals surface area contributed by atoms with Crippen LogP contribution in [-0.4, -0.2) is 20.3 Å². The summed E-state index contributed by atoms with van der Waals surface area (Å²) in [6.45, 7) is 5.59. The molecule has 7 heteroatoms. The van der Waals surface area contributed by atoms with Crippen molar-refractivity contribution in [2.24, 2.45) is 0 Å². The summed E-state index contributed by atoms with van der Waals surface area (Å²) in [4.78, 5) is 8.85. The van der Waals surface area contributed by atoms with Crippen LogP contribution < -0.4 is 10.6 Å². The van der Waals surface area contributed by atoms with Gasteiger partial charge in [0.15, 0.2) is 11.6 Å². The summed E-state index contributed by atoms with van der Waals surface area (Å²) in [6.07, 6.45) is 7.33. The Bertz CT molecular complexity index is 898. The lowest BCUT2D eigenvalue weighted by molar-refractivity contribution is 0.314. The van der Waals surface area contributed by atoms with Crippen LogP contribution in [0.4, 0.5) is 17.3 Å². The van der Waals surface area contributed by atoms with Gasteiger partial charge in [-0.3, -0.25) is 0 Å². The van der Waals surface area contributed by atoms with E-state index in [1.54, 1.807) is 6.08 Å². The van der Waals surface area contributed by atoms with Crippen LogP contribution in [0.2, 0.25) is 0 Å². The average Bonchev–Trinajstić information content (AvgIpc) is 3.06. The lowest BCUT2D eigenvalue weighted by Gasteiger charge is -2.12. The van der Waals surface area contributed by atoms with Gasteiger partial charge < -0.3 is 10.6 Å². The van der Waals surface area contributed by atoms with Crippen molar-refractivity contribution >= 4 is 28.6 Å². The number of anilines is 3. The minimum Gasteiger partial charge on any atom is -0.337 e. The van der Waals surface area contributed by atoms with Crippen LogP contribution in [0.5, 0.6) is 0 Å². The minimum atomic E-state index is 0.333. The van der Waals surface area contributed by atoms with Crippen molar-refractivity contribution in [2.45, 2.75) is 6.92 Å². The first-order valence-electron chi connectivity index (χ1n) is 7.35. The van der Waals surface area contributed by atoms with Crippen LogP contribution in [0.1, 0.15) is 6.92 Å². The molecular formula is C17H16N6O. The molecule has 0 aliphatic rings. The summed E-state index contributed by atoms with van der Waals surface area (Å²) >= 11 is 0. The van der Waals surface area contributed by atoms with Gasteiger partial charge >= 0.3 is 0 Å². The van der Waals surface area contributed by atoms with E-state index < -0.39 is 0 Å². The molecule has 3 rings (SSSR count). The van der Waals surface area contributed by atoms with Crippen molar-refractivity contribution in [2.75, 3.05) is 10.6 Å². The maximum Gasteiger partial charge on any atom is 0.245 e. The van der Waals surface area contributed by atoms with Crippen LogP contribution in [-0.2, 0) is 0 Å². The molecule has 0 fully saturated rings. The monoisotopic (exact) mass is 320 g/mol. The number of rotatable bonds is 6. The Morgan fingerprint density at radius 2 is 1.79 bits per heavy atom. The van der Waals surface area contributed by atoms with Crippen LogP contribution in [0.25, 0.3) is 11.3 Å². The number of nitrogens with one attached hydrogen (secondary N) is 2. The van der Waals surface area contributed by atoms with Gasteiger partial charge in [-0.25, -0.2) is 14.6 Å². The lowest BCUT2D eigenvalue weighted by Crippen LogP contribution is -2.05. The predicted octanol–water partition coefficient (Wildman–Crippen LogP) is 3.81. The molecule has 0 saturated carbocycles. The highest BCUT2D eigenvalue weighted by atomic mass is 16.6.